The molecule has 0 saturated carbocycles. The standard InChI is InChI=1S/C25H36ClFN10/c1-3-18-14-36(24-22(26)33-21(23(29)34-24)15(2)32-25(30)31)10-11-37(18)19-6-8-35(9-7-19)13-16-4-5-17(28)12-20(16)27/h4-5,12,18-19H,2-3,6-11,13-14,28H2,1H3,(H2,29,34)(H4,30,31,32)/t18-/m0/s1. The molecule has 0 radical (unpaired) electrons. The minimum atomic E-state index is -0.236. The number of likely N-dealkylation sites (tertiary alicyclic amines) is 1. The van der Waals surface area contributed by atoms with Gasteiger partial charge in [-0.05, 0) is 44.5 Å². The van der Waals surface area contributed by atoms with Crippen LogP contribution < -0.4 is 27.8 Å². The summed E-state index contributed by atoms with van der Waals surface area (Å²) in [5.74, 6) is 0.352. The molecular weight excluding hydrogens is 495 g/mol. The van der Waals surface area contributed by atoms with Crippen LogP contribution in [0.4, 0.5) is 21.7 Å². The molecule has 1 aromatic heterocycles. The third kappa shape index (κ3) is 6.23. The molecule has 8 N–H and O–H groups in total. The van der Waals surface area contributed by atoms with Crippen molar-refractivity contribution in [2.75, 3.05) is 49.1 Å². The maximum atomic E-state index is 14.2. The number of aliphatic imine (C=N–C) groups is 1. The summed E-state index contributed by atoms with van der Waals surface area (Å²) in [5.41, 5.74) is 24.3. The van der Waals surface area contributed by atoms with Crippen LogP contribution in [0.25, 0.3) is 5.70 Å². The first-order valence-corrected chi connectivity index (χ1v) is 12.9. The van der Waals surface area contributed by atoms with Crippen LogP contribution in [-0.4, -0.2) is 70.5 Å². The number of aromatic nitrogens is 2. The first kappa shape index (κ1) is 26.9. The molecule has 200 valence electrons. The molecule has 1 aromatic carbocycles. The average Bonchev–Trinajstić information content (AvgIpc) is 2.86. The molecule has 3 heterocycles. The van der Waals surface area contributed by atoms with Gasteiger partial charge in [-0.3, -0.25) is 9.80 Å². The van der Waals surface area contributed by atoms with Crippen LogP contribution in [0.5, 0.6) is 0 Å². The van der Waals surface area contributed by atoms with Crippen molar-refractivity contribution in [2.24, 2.45) is 16.5 Å². The first-order chi connectivity index (χ1) is 17.7. The fourth-order valence-corrected chi connectivity index (χ4v) is 5.54. The predicted molar refractivity (Wildman–Crippen MR) is 148 cm³/mol. The summed E-state index contributed by atoms with van der Waals surface area (Å²) in [7, 11) is 0. The molecule has 1 atom stereocenters. The van der Waals surface area contributed by atoms with Crippen molar-refractivity contribution in [3.05, 3.63) is 47.0 Å². The van der Waals surface area contributed by atoms with E-state index in [1.807, 2.05) is 0 Å². The van der Waals surface area contributed by atoms with Crippen LogP contribution in [0.1, 0.15) is 37.4 Å². The van der Waals surface area contributed by atoms with E-state index in [0.717, 1.165) is 52.0 Å². The van der Waals surface area contributed by atoms with Crippen LogP contribution >= 0.6 is 11.6 Å². The highest BCUT2D eigenvalue weighted by Gasteiger charge is 2.34. The van der Waals surface area contributed by atoms with Crippen LogP contribution in [0.2, 0.25) is 5.15 Å². The molecule has 2 aromatic rings. The lowest BCUT2D eigenvalue weighted by Gasteiger charge is -2.47. The average molecular weight is 531 g/mol. The largest absolute Gasteiger partial charge is 0.399 e. The Morgan fingerprint density at radius 2 is 1.89 bits per heavy atom. The second-order valence-electron chi connectivity index (χ2n) is 9.66. The van der Waals surface area contributed by atoms with E-state index in [4.69, 9.17) is 34.5 Å². The van der Waals surface area contributed by atoms with E-state index in [9.17, 15) is 4.39 Å². The number of nitrogen functional groups attached to an aromatic ring is 2. The molecule has 10 nitrogen and oxygen atoms in total. The van der Waals surface area contributed by atoms with E-state index >= 15 is 0 Å². The molecule has 0 unspecified atom stereocenters. The van der Waals surface area contributed by atoms with Gasteiger partial charge in [-0.2, -0.15) is 0 Å². The van der Waals surface area contributed by atoms with Crippen molar-refractivity contribution in [1.29, 1.82) is 0 Å². The van der Waals surface area contributed by atoms with Crippen molar-refractivity contribution < 1.29 is 4.39 Å². The van der Waals surface area contributed by atoms with Gasteiger partial charge in [-0.1, -0.05) is 31.2 Å². The lowest BCUT2D eigenvalue weighted by molar-refractivity contribution is 0.0607. The van der Waals surface area contributed by atoms with E-state index in [-0.39, 0.29) is 34.1 Å². The van der Waals surface area contributed by atoms with Crippen molar-refractivity contribution in [3.8, 4) is 0 Å². The highest BCUT2D eigenvalue weighted by Crippen LogP contribution is 2.31. The fraction of sp³-hybridized carbons (Fsp3) is 0.480. The van der Waals surface area contributed by atoms with E-state index < -0.39 is 0 Å². The normalized spacial score (nSPS) is 19.6. The summed E-state index contributed by atoms with van der Waals surface area (Å²) in [6.07, 6.45) is 3.08. The number of piperidine rings is 1. The van der Waals surface area contributed by atoms with E-state index in [1.165, 1.54) is 6.07 Å². The Kier molecular flexibility index (Phi) is 8.35. The second-order valence-corrected chi connectivity index (χ2v) is 10.0. The number of nitrogens with two attached hydrogens (primary N) is 4. The molecule has 12 heteroatoms. The Balaban J connectivity index is 1.38. The first-order valence-electron chi connectivity index (χ1n) is 12.5. The molecule has 0 bridgehead atoms. The predicted octanol–water partition coefficient (Wildman–Crippen LogP) is 2.24. The summed E-state index contributed by atoms with van der Waals surface area (Å²) >= 11 is 6.52. The summed E-state index contributed by atoms with van der Waals surface area (Å²) in [4.78, 5) is 19.9. The Hall–Kier alpha value is -3.15. The highest BCUT2D eigenvalue weighted by molar-refractivity contribution is 6.31. The van der Waals surface area contributed by atoms with Gasteiger partial charge in [0.25, 0.3) is 0 Å². The monoisotopic (exact) mass is 530 g/mol. The number of halogens is 2. The van der Waals surface area contributed by atoms with Gasteiger partial charge in [0.2, 0.25) is 0 Å². The third-order valence-corrected chi connectivity index (χ3v) is 7.45. The summed E-state index contributed by atoms with van der Waals surface area (Å²) < 4.78 is 14.2. The van der Waals surface area contributed by atoms with Gasteiger partial charge in [0.15, 0.2) is 22.7 Å². The smallest absolute Gasteiger partial charge is 0.191 e. The number of rotatable bonds is 7. The van der Waals surface area contributed by atoms with Gasteiger partial charge in [0.1, 0.15) is 11.5 Å². The number of benzene rings is 1. The lowest BCUT2D eigenvalue weighted by atomic mass is 9.97. The quantitative estimate of drug-likeness (QED) is 0.240. The van der Waals surface area contributed by atoms with Gasteiger partial charge in [-0.15, -0.1) is 0 Å². The van der Waals surface area contributed by atoms with E-state index in [0.29, 0.717) is 35.7 Å². The molecule has 2 aliphatic rings. The van der Waals surface area contributed by atoms with Crippen molar-refractivity contribution in [1.82, 2.24) is 19.8 Å². The maximum Gasteiger partial charge on any atom is 0.191 e. The SMILES string of the molecule is C=C(N=C(N)N)c1nc(Cl)c(N2CCN(C3CCN(Cc4ccc(N)cc4F)CC3)[C@@H](CC)C2)nc1N. The summed E-state index contributed by atoms with van der Waals surface area (Å²) in [6, 6.07) is 5.76. The Morgan fingerprint density at radius 1 is 1.16 bits per heavy atom. The van der Waals surface area contributed by atoms with Gasteiger partial charge < -0.3 is 27.8 Å². The molecule has 0 spiro atoms. The zero-order chi connectivity index (χ0) is 26.7. The fourth-order valence-electron chi connectivity index (χ4n) is 5.29. The topological polar surface area (TPSA) is 152 Å². The maximum absolute atomic E-state index is 14.2. The summed E-state index contributed by atoms with van der Waals surface area (Å²) in [5, 5.41) is 0.239. The van der Waals surface area contributed by atoms with Gasteiger partial charge in [0.05, 0.1) is 5.70 Å². The second kappa shape index (κ2) is 11.5. The molecule has 4 rings (SSSR count). The van der Waals surface area contributed by atoms with Crippen molar-refractivity contribution in [3.63, 3.8) is 0 Å². The van der Waals surface area contributed by atoms with Crippen LogP contribution in [0.15, 0.2) is 29.8 Å². The number of piperazine rings is 1. The van der Waals surface area contributed by atoms with Crippen LogP contribution in [0.3, 0.4) is 0 Å². The highest BCUT2D eigenvalue weighted by atomic mass is 35.5. The van der Waals surface area contributed by atoms with Crippen molar-refractivity contribution in [2.45, 2.75) is 44.8 Å². The Bertz CT molecular complexity index is 1160. The zero-order valence-electron chi connectivity index (χ0n) is 21.2. The number of anilines is 3. The van der Waals surface area contributed by atoms with Crippen LogP contribution in [0, 0.1) is 5.82 Å². The molecule has 37 heavy (non-hydrogen) atoms. The molecule has 0 amide bonds. The molecule has 2 aliphatic heterocycles. The van der Waals surface area contributed by atoms with Crippen LogP contribution in [-0.2, 0) is 6.54 Å². The van der Waals surface area contributed by atoms with Gasteiger partial charge in [0, 0.05) is 49.5 Å². The lowest BCUT2D eigenvalue weighted by Crippen LogP contribution is -2.58. The number of guanidine groups is 1. The summed E-state index contributed by atoms with van der Waals surface area (Å²) in [6.45, 7) is 10.9. The van der Waals surface area contributed by atoms with E-state index in [1.54, 1.807) is 12.1 Å². The molecule has 2 saturated heterocycles. The molecule has 0 aliphatic carbocycles. The Labute approximate surface area is 222 Å². The minimum absolute atomic E-state index is 0.142. The van der Waals surface area contributed by atoms with E-state index in [2.05, 4.69) is 43.2 Å². The number of nitrogens with zero attached hydrogens (tertiary/aromatic N) is 6. The van der Waals surface area contributed by atoms with Gasteiger partial charge >= 0.3 is 0 Å². The molecular formula is C25H36ClFN10. The minimum Gasteiger partial charge on any atom is -0.399 e. The van der Waals surface area contributed by atoms with Gasteiger partial charge in [-0.25, -0.2) is 19.4 Å². The number of hydrogen-bond acceptors (Lipinski definition) is 8. The molecule has 2 fully saturated rings. The zero-order valence-corrected chi connectivity index (χ0v) is 22.0. The van der Waals surface area contributed by atoms with Crippen molar-refractivity contribution >= 4 is 40.6 Å². The Morgan fingerprint density at radius 3 is 2.54 bits per heavy atom. The third-order valence-electron chi connectivity index (χ3n) is 7.20. The number of hydrogen-bond donors (Lipinski definition) is 4.